The summed E-state index contributed by atoms with van der Waals surface area (Å²) in [4.78, 5) is 3.28. The Kier molecular flexibility index (Phi) is 4.78. The van der Waals surface area contributed by atoms with Crippen molar-refractivity contribution in [2.45, 2.75) is 19.3 Å². The second-order valence-electron chi connectivity index (χ2n) is 5.54. The van der Waals surface area contributed by atoms with Gasteiger partial charge >= 0.3 is 0 Å². The van der Waals surface area contributed by atoms with Crippen molar-refractivity contribution in [2.24, 2.45) is 5.73 Å². The van der Waals surface area contributed by atoms with Crippen molar-refractivity contribution >= 4 is 26.8 Å². The molecular weight excluding hydrogens is 362 g/mol. The topological polar surface area (TPSA) is 41.8 Å². The van der Waals surface area contributed by atoms with Gasteiger partial charge in [0.25, 0.3) is 0 Å². The van der Waals surface area contributed by atoms with Gasteiger partial charge in [-0.3, -0.25) is 0 Å². The maximum Gasteiger partial charge on any atom is 0.135 e. The molecule has 0 radical (unpaired) electrons. The molecule has 2 nitrogen and oxygen atoms in total. The molecule has 3 N–H and O–H groups in total. The van der Waals surface area contributed by atoms with Crippen molar-refractivity contribution < 1.29 is 8.78 Å². The van der Waals surface area contributed by atoms with E-state index in [-0.39, 0.29) is 0 Å². The van der Waals surface area contributed by atoms with Gasteiger partial charge in [-0.2, -0.15) is 0 Å². The molecule has 120 valence electrons. The van der Waals surface area contributed by atoms with Crippen LogP contribution in [0.4, 0.5) is 8.78 Å². The molecule has 0 spiro atoms. The Morgan fingerprint density at radius 2 is 1.87 bits per heavy atom. The van der Waals surface area contributed by atoms with Gasteiger partial charge in [-0.1, -0.05) is 15.9 Å². The summed E-state index contributed by atoms with van der Waals surface area (Å²) in [5, 5.41) is 1.05. The number of aromatic amines is 1. The zero-order valence-corrected chi connectivity index (χ0v) is 14.1. The van der Waals surface area contributed by atoms with E-state index in [0.29, 0.717) is 17.8 Å². The van der Waals surface area contributed by atoms with Crippen molar-refractivity contribution in [2.75, 3.05) is 6.54 Å². The summed E-state index contributed by atoms with van der Waals surface area (Å²) in [6.07, 6.45) is 2.62. The largest absolute Gasteiger partial charge is 0.354 e. The van der Waals surface area contributed by atoms with Gasteiger partial charge in [-0.05, 0) is 61.7 Å². The molecule has 0 aliphatic rings. The molecule has 1 aromatic heterocycles. The van der Waals surface area contributed by atoms with Crippen LogP contribution in [0.2, 0.25) is 0 Å². The highest BCUT2D eigenvalue weighted by atomic mass is 79.9. The zero-order valence-electron chi connectivity index (χ0n) is 12.5. The first-order valence-corrected chi connectivity index (χ1v) is 8.35. The van der Waals surface area contributed by atoms with E-state index in [0.717, 1.165) is 46.3 Å². The lowest BCUT2D eigenvalue weighted by Gasteiger charge is -2.06. The molecule has 0 unspecified atom stereocenters. The molecule has 0 bridgehead atoms. The number of aromatic nitrogens is 1. The molecule has 3 aromatic rings. The van der Waals surface area contributed by atoms with Crippen LogP contribution >= 0.6 is 15.9 Å². The fourth-order valence-corrected chi connectivity index (χ4v) is 3.21. The molecular formula is C18H17BrF2N2. The highest BCUT2D eigenvalue weighted by molar-refractivity contribution is 9.10. The van der Waals surface area contributed by atoms with Crippen LogP contribution in [0.5, 0.6) is 0 Å². The standard InChI is InChI=1S/C18H17BrF2N2/c19-11-4-7-17-15(9-11)13(3-1-2-8-22)18(23-17)14-6-5-12(20)10-16(14)21/h4-7,9-10,23H,1-3,8,22H2. The quantitative estimate of drug-likeness (QED) is 0.591. The average molecular weight is 379 g/mol. The van der Waals surface area contributed by atoms with E-state index in [1.165, 1.54) is 12.1 Å². The number of fused-ring (bicyclic) bond motifs is 1. The second kappa shape index (κ2) is 6.81. The van der Waals surface area contributed by atoms with Crippen LogP contribution in [0.15, 0.2) is 40.9 Å². The van der Waals surface area contributed by atoms with Gasteiger partial charge in [0.15, 0.2) is 0 Å². The van der Waals surface area contributed by atoms with Crippen LogP contribution in [-0.2, 0) is 6.42 Å². The molecule has 2 aromatic carbocycles. The lowest BCUT2D eigenvalue weighted by atomic mass is 10.00. The van der Waals surface area contributed by atoms with Gasteiger partial charge in [0.2, 0.25) is 0 Å². The van der Waals surface area contributed by atoms with Crippen molar-refractivity contribution in [1.29, 1.82) is 0 Å². The smallest absolute Gasteiger partial charge is 0.135 e. The molecule has 0 aliphatic heterocycles. The van der Waals surface area contributed by atoms with E-state index in [4.69, 9.17) is 5.73 Å². The Balaban J connectivity index is 2.16. The first kappa shape index (κ1) is 16.1. The molecule has 23 heavy (non-hydrogen) atoms. The molecule has 0 aliphatic carbocycles. The Morgan fingerprint density at radius 1 is 1.04 bits per heavy atom. The molecule has 0 fully saturated rings. The van der Waals surface area contributed by atoms with E-state index >= 15 is 0 Å². The lowest BCUT2D eigenvalue weighted by molar-refractivity contribution is 0.585. The highest BCUT2D eigenvalue weighted by Gasteiger charge is 2.16. The van der Waals surface area contributed by atoms with E-state index in [1.807, 2.05) is 18.2 Å². The van der Waals surface area contributed by atoms with E-state index in [9.17, 15) is 8.78 Å². The maximum absolute atomic E-state index is 14.2. The average Bonchev–Trinajstić information content (AvgIpc) is 2.85. The number of H-pyrrole nitrogens is 1. The number of aryl methyl sites for hydroxylation is 1. The fraction of sp³-hybridized carbons (Fsp3) is 0.222. The van der Waals surface area contributed by atoms with Crippen LogP contribution in [0.25, 0.3) is 22.2 Å². The SMILES string of the molecule is NCCCCc1c(-c2ccc(F)cc2F)[nH]c2ccc(Br)cc12. The minimum atomic E-state index is -0.574. The highest BCUT2D eigenvalue weighted by Crippen LogP contribution is 2.34. The van der Waals surface area contributed by atoms with Crippen molar-refractivity contribution in [3.8, 4) is 11.3 Å². The number of nitrogens with one attached hydrogen (secondary N) is 1. The van der Waals surface area contributed by atoms with Crippen LogP contribution in [0.3, 0.4) is 0 Å². The second-order valence-corrected chi connectivity index (χ2v) is 6.45. The number of halogens is 3. The summed E-state index contributed by atoms with van der Waals surface area (Å²) in [5.41, 5.74) is 8.66. The van der Waals surface area contributed by atoms with Gasteiger partial charge in [0.1, 0.15) is 11.6 Å². The summed E-state index contributed by atoms with van der Waals surface area (Å²) in [6, 6.07) is 9.60. The minimum Gasteiger partial charge on any atom is -0.354 e. The van der Waals surface area contributed by atoms with Crippen molar-refractivity contribution in [3.63, 3.8) is 0 Å². The molecule has 5 heteroatoms. The monoisotopic (exact) mass is 378 g/mol. The van der Waals surface area contributed by atoms with Gasteiger partial charge in [0.05, 0.1) is 5.69 Å². The zero-order chi connectivity index (χ0) is 16.4. The first-order valence-electron chi connectivity index (χ1n) is 7.55. The maximum atomic E-state index is 14.2. The summed E-state index contributed by atoms with van der Waals surface area (Å²) in [7, 11) is 0. The van der Waals surface area contributed by atoms with Crippen LogP contribution in [-0.4, -0.2) is 11.5 Å². The lowest BCUT2D eigenvalue weighted by Crippen LogP contribution is -1.99. The van der Waals surface area contributed by atoms with Crippen LogP contribution < -0.4 is 5.73 Å². The predicted octanol–water partition coefficient (Wildman–Crippen LogP) is 5.16. The molecule has 0 atom stereocenters. The summed E-state index contributed by atoms with van der Waals surface area (Å²) in [6.45, 7) is 0.631. The summed E-state index contributed by atoms with van der Waals surface area (Å²) < 4.78 is 28.4. The van der Waals surface area contributed by atoms with Crippen molar-refractivity contribution in [3.05, 3.63) is 58.1 Å². The Bertz CT molecular complexity index is 842. The minimum absolute atomic E-state index is 0.390. The Hall–Kier alpha value is -1.72. The number of unbranched alkanes of at least 4 members (excludes halogenated alkanes) is 1. The van der Waals surface area contributed by atoms with Gasteiger partial charge < -0.3 is 10.7 Å². The van der Waals surface area contributed by atoms with Gasteiger partial charge in [-0.15, -0.1) is 0 Å². The van der Waals surface area contributed by atoms with Gasteiger partial charge in [0, 0.05) is 27.0 Å². The van der Waals surface area contributed by atoms with Crippen LogP contribution in [0, 0.1) is 11.6 Å². The first-order chi connectivity index (χ1) is 11.1. The molecule has 0 saturated carbocycles. The summed E-state index contributed by atoms with van der Waals surface area (Å²) >= 11 is 3.48. The molecule has 0 amide bonds. The third kappa shape index (κ3) is 3.31. The number of rotatable bonds is 5. The number of hydrogen-bond donors (Lipinski definition) is 2. The predicted molar refractivity (Wildman–Crippen MR) is 93.3 cm³/mol. The normalized spacial score (nSPS) is 11.3. The van der Waals surface area contributed by atoms with E-state index in [1.54, 1.807) is 0 Å². The number of nitrogens with two attached hydrogens (primary N) is 1. The van der Waals surface area contributed by atoms with E-state index in [2.05, 4.69) is 20.9 Å². The third-order valence-corrected chi connectivity index (χ3v) is 4.44. The van der Waals surface area contributed by atoms with Crippen LogP contribution in [0.1, 0.15) is 18.4 Å². The van der Waals surface area contributed by atoms with E-state index < -0.39 is 11.6 Å². The number of benzene rings is 2. The molecule has 3 rings (SSSR count). The van der Waals surface area contributed by atoms with Crippen molar-refractivity contribution in [1.82, 2.24) is 4.98 Å². The summed E-state index contributed by atoms with van der Waals surface area (Å²) in [5.74, 6) is -1.13. The number of hydrogen-bond acceptors (Lipinski definition) is 1. The third-order valence-electron chi connectivity index (χ3n) is 3.95. The Morgan fingerprint density at radius 3 is 2.61 bits per heavy atom. The molecule has 1 heterocycles. The fourth-order valence-electron chi connectivity index (χ4n) is 2.85. The van der Waals surface area contributed by atoms with Gasteiger partial charge in [-0.25, -0.2) is 8.78 Å². The molecule has 0 saturated heterocycles. The Labute approximate surface area is 141 Å².